The summed E-state index contributed by atoms with van der Waals surface area (Å²) < 4.78 is 0. The molecule has 0 spiro atoms. The number of nitro benzene ring substituents is 1. The van der Waals surface area contributed by atoms with Gasteiger partial charge in [-0.1, -0.05) is 78.9 Å². The van der Waals surface area contributed by atoms with Crippen LogP contribution in [-0.4, -0.2) is 16.5 Å². The SMILES string of the molecule is O=C(c1cccc([N+](=O)[O-])c1)N1c2ccccc2N=C(c2ccccc2)C[C@@H]1c1ccccc1. The molecular weight excluding hydrogens is 426 g/mol. The Morgan fingerprint density at radius 1 is 0.853 bits per heavy atom. The van der Waals surface area contributed by atoms with Gasteiger partial charge < -0.3 is 0 Å². The summed E-state index contributed by atoms with van der Waals surface area (Å²) in [5, 5.41) is 11.4. The lowest BCUT2D eigenvalue weighted by Crippen LogP contribution is -2.35. The number of aliphatic imine (C=N–C) groups is 1. The molecule has 1 heterocycles. The first-order valence-electron chi connectivity index (χ1n) is 11.0. The molecule has 0 unspecified atom stereocenters. The van der Waals surface area contributed by atoms with Gasteiger partial charge in [-0.15, -0.1) is 0 Å². The van der Waals surface area contributed by atoms with E-state index < -0.39 is 4.92 Å². The number of carbonyl (C=O) groups is 1. The van der Waals surface area contributed by atoms with Crippen molar-refractivity contribution in [2.24, 2.45) is 4.99 Å². The quantitative estimate of drug-likeness (QED) is 0.264. The maximum atomic E-state index is 14.0. The van der Waals surface area contributed by atoms with E-state index in [1.54, 1.807) is 17.0 Å². The molecule has 1 atom stereocenters. The van der Waals surface area contributed by atoms with Gasteiger partial charge in [-0.25, -0.2) is 0 Å². The van der Waals surface area contributed by atoms with Gasteiger partial charge in [0.2, 0.25) is 0 Å². The molecule has 0 aliphatic carbocycles. The highest BCUT2D eigenvalue weighted by Gasteiger charge is 2.33. The molecule has 0 saturated carbocycles. The zero-order valence-corrected chi connectivity index (χ0v) is 18.2. The zero-order valence-electron chi connectivity index (χ0n) is 18.2. The number of hydrogen-bond donors (Lipinski definition) is 0. The Balaban J connectivity index is 1.69. The van der Waals surface area contributed by atoms with E-state index >= 15 is 0 Å². The summed E-state index contributed by atoms with van der Waals surface area (Å²) in [5.74, 6) is -0.311. The molecule has 1 amide bonds. The Labute approximate surface area is 197 Å². The van der Waals surface area contributed by atoms with Gasteiger partial charge >= 0.3 is 0 Å². The molecule has 0 aromatic heterocycles. The Kier molecular flexibility index (Phi) is 5.70. The maximum absolute atomic E-state index is 14.0. The molecule has 34 heavy (non-hydrogen) atoms. The van der Waals surface area contributed by atoms with E-state index in [2.05, 4.69) is 0 Å². The first kappa shape index (κ1) is 21.3. The molecule has 6 heteroatoms. The summed E-state index contributed by atoms with van der Waals surface area (Å²) in [6.07, 6.45) is 0.489. The number of nitro groups is 1. The first-order chi connectivity index (χ1) is 16.6. The Hall–Kier alpha value is -4.58. The number of carbonyl (C=O) groups excluding carboxylic acids is 1. The summed E-state index contributed by atoms with van der Waals surface area (Å²) in [6.45, 7) is 0. The van der Waals surface area contributed by atoms with Crippen LogP contribution in [0.3, 0.4) is 0 Å². The molecule has 0 saturated heterocycles. The van der Waals surface area contributed by atoms with E-state index in [9.17, 15) is 14.9 Å². The number of fused-ring (bicyclic) bond motifs is 1. The number of hydrogen-bond acceptors (Lipinski definition) is 4. The lowest BCUT2D eigenvalue weighted by Gasteiger charge is -2.31. The fraction of sp³-hybridized carbons (Fsp3) is 0.0714. The van der Waals surface area contributed by atoms with Crippen LogP contribution in [0.25, 0.3) is 0 Å². The van der Waals surface area contributed by atoms with Crippen LogP contribution < -0.4 is 4.90 Å². The lowest BCUT2D eigenvalue weighted by atomic mass is 9.95. The van der Waals surface area contributed by atoms with Crippen LogP contribution in [0.15, 0.2) is 114 Å². The van der Waals surface area contributed by atoms with Gasteiger partial charge in [-0.05, 0) is 29.3 Å². The fourth-order valence-corrected chi connectivity index (χ4v) is 4.29. The summed E-state index contributed by atoms with van der Waals surface area (Å²) in [6, 6.07) is 32.8. The molecular formula is C28H21N3O3. The van der Waals surface area contributed by atoms with Crippen LogP contribution in [0.4, 0.5) is 17.1 Å². The van der Waals surface area contributed by atoms with Crippen molar-refractivity contribution in [1.29, 1.82) is 0 Å². The van der Waals surface area contributed by atoms with Crippen LogP contribution in [0.1, 0.15) is 33.9 Å². The molecule has 4 aromatic carbocycles. The summed E-state index contributed by atoms with van der Waals surface area (Å²) in [7, 11) is 0. The third kappa shape index (κ3) is 4.09. The van der Waals surface area contributed by atoms with Gasteiger partial charge in [-0.2, -0.15) is 0 Å². The minimum absolute atomic E-state index is 0.119. The van der Waals surface area contributed by atoms with Crippen molar-refractivity contribution in [3.63, 3.8) is 0 Å². The Bertz CT molecular complexity index is 1380. The molecule has 1 aliphatic heterocycles. The molecule has 5 rings (SSSR count). The molecule has 6 nitrogen and oxygen atoms in total. The van der Waals surface area contributed by atoms with Gasteiger partial charge in [0.1, 0.15) is 0 Å². The van der Waals surface area contributed by atoms with E-state index in [-0.39, 0.29) is 23.2 Å². The number of amides is 1. The highest BCUT2D eigenvalue weighted by atomic mass is 16.6. The maximum Gasteiger partial charge on any atom is 0.270 e. The minimum atomic E-state index is -0.488. The van der Waals surface area contributed by atoms with Crippen molar-refractivity contribution in [2.45, 2.75) is 12.5 Å². The topological polar surface area (TPSA) is 75.8 Å². The van der Waals surface area contributed by atoms with Crippen LogP contribution >= 0.6 is 0 Å². The second-order valence-corrected chi connectivity index (χ2v) is 8.03. The number of para-hydroxylation sites is 2. The predicted octanol–water partition coefficient (Wildman–Crippen LogP) is 6.51. The van der Waals surface area contributed by atoms with Gasteiger partial charge in [-0.3, -0.25) is 24.8 Å². The van der Waals surface area contributed by atoms with E-state index in [1.807, 2.05) is 84.9 Å². The molecule has 0 fully saturated rings. The molecule has 0 N–H and O–H groups in total. The van der Waals surface area contributed by atoms with Gasteiger partial charge in [0.05, 0.1) is 28.1 Å². The third-order valence-corrected chi connectivity index (χ3v) is 5.91. The van der Waals surface area contributed by atoms with E-state index in [4.69, 9.17) is 4.99 Å². The van der Waals surface area contributed by atoms with Gasteiger partial charge in [0.25, 0.3) is 11.6 Å². The number of benzene rings is 4. The van der Waals surface area contributed by atoms with Gasteiger partial charge in [0, 0.05) is 24.1 Å². The summed E-state index contributed by atoms with van der Waals surface area (Å²) in [5.41, 5.74) is 4.30. The van der Waals surface area contributed by atoms with Crippen molar-refractivity contribution >= 4 is 28.7 Å². The normalized spacial score (nSPS) is 15.1. The van der Waals surface area contributed by atoms with Crippen molar-refractivity contribution in [3.8, 4) is 0 Å². The second-order valence-electron chi connectivity index (χ2n) is 8.03. The van der Waals surface area contributed by atoms with Crippen molar-refractivity contribution < 1.29 is 9.72 Å². The Morgan fingerprint density at radius 2 is 1.53 bits per heavy atom. The molecule has 1 aliphatic rings. The van der Waals surface area contributed by atoms with E-state index in [1.165, 1.54) is 12.1 Å². The first-order valence-corrected chi connectivity index (χ1v) is 11.0. The average Bonchev–Trinajstić information content (AvgIpc) is 3.06. The number of non-ortho nitro benzene ring substituents is 1. The second kappa shape index (κ2) is 9.11. The smallest absolute Gasteiger partial charge is 0.270 e. The lowest BCUT2D eigenvalue weighted by molar-refractivity contribution is -0.384. The average molecular weight is 447 g/mol. The van der Waals surface area contributed by atoms with Crippen LogP contribution in [0, 0.1) is 10.1 Å². The van der Waals surface area contributed by atoms with Crippen LogP contribution in [-0.2, 0) is 0 Å². The van der Waals surface area contributed by atoms with Crippen LogP contribution in [0.2, 0.25) is 0 Å². The van der Waals surface area contributed by atoms with Gasteiger partial charge in [0.15, 0.2) is 0 Å². The van der Waals surface area contributed by atoms with Crippen molar-refractivity contribution in [3.05, 3.63) is 136 Å². The van der Waals surface area contributed by atoms with Crippen molar-refractivity contribution in [2.75, 3.05) is 4.90 Å². The third-order valence-electron chi connectivity index (χ3n) is 5.91. The number of rotatable bonds is 4. The minimum Gasteiger partial charge on any atom is -0.298 e. The fourth-order valence-electron chi connectivity index (χ4n) is 4.29. The molecule has 166 valence electrons. The summed E-state index contributed by atoms with van der Waals surface area (Å²) in [4.78, 5) is 31.5. The molecule has 0 bridgehead atoms. The largest absolute Gasteiger partial charge is 0.298 e. The monoisotopic (exact) mass is 447 g/mol. The van der Waals surface area contributed by atoms with E-state index in [0.29, 0.717) is 17.8 Å². The number of anilines is 1. The number of nitrogens with zero attached hydrogens (tertiary/aromatic N) is 3. The predicted molar refractivity (Wildman–Crippen MR) is 133 cm³/mol. The highest BCUT2D eigenvalue weighted by molar-refractivity contribution is 6.12. The molecule has 0 radical (unpaired) electrons. The van der Waals surface area contributed by atoms with Crippen LogP contribution in [0.5, 0.6) is 0 Å². The Morgan fingerprint density at radius 3 is 2.26 bits per heavy atom. The molecule has 4 aromatic rings. The van der Waals surface area contributed by atoms with Crippen molar-refractivity contribution in [1.82, 2.24) is 0 Å². The standard InChI is InChI=1S/C28H21N3O3/c32-28(22-14-9-15-23(18-22)31(33)34)30-26-17-8-7-16-24(26)29-25(20-10-3-1-4-11-20)19-27(30)21-12-5-2-6-13-21/h1-18,27H,19H2/t27-/m1/s1. The zero-order chi connectivity index (χ0) is 23.5. The van der Waals surface area contributed by atoms with E-state index in [0.717, 1.165) is 16.8 Å². The summed E-state index contributed by atoms with van der Waals surface area (Å²) >= 11 is 0. The highest BCUT2D eigenvalue weighted by Crippen LogP contribution is 2.41.